The van der Waals surface area contributed by atoms with Crippen LogP contribution in [-0.2, 0) is 6.18 Å². The van der Waals surface area contributed by atoms with Crippen LogP contribution in [0.4, 0.5) is 24.5 Å². The molecule has 0 spiro atoms. The first-order chi connectivity index (χ1) is 14.7. The minimum Gasteiger partial charge on any atom is -0.351 e. The molecule has 0 radical (unpaired) electrons. The van der Waals surface area contributed by atoms with E-state index in [1.807, 2.05) is 0 Å². The molecule has 6 nitrogen and oxygen atoms in total. The molecule has 0 aliphatic heterocycles. The maximum Gasteiger partial charge on any atom is 0.417 e. The quantitative estimate of drug-likeness (QED) is 0.310. The van der Waals surface area contributed by atoms with Gasteiger partial charge in [-0.05, 0) is 41.5 Å². The van der Waals surface area contributed by atoms with Crippen molar-refractivity contribution in [3.05, 3.63) is 94.2 Å². The summed E-state index contributed by atoms with van der Waals surface area (Å²) in [5, 5.41) is 14.0. The number of nitro groups is 1. The van der Waals surface area contributed by atoms with E-state index in [1.54, 1.807) is 12.1 Å². The SMILES string of the molecule is O=C(Nc1cccc(-c2ccccc2C(F)(F)F)c1)c1cc2cc([N+](=O)[O-])ccc2[nH]1. The molecule has 0 saturated carbocycles. The van der Waals surface area contributed by atoms with E-state index in [0.717, 1.165) is 6.07 Å². The molecule has 0 fully saturated rings. The van der Waals surface area contributed by atoms with Gasteiger partial charge in [-0.2, -0.15) is 13.2 Å². The second kappa shape index (κ2) is 7.60. The average Bonchev–Trinajstić information content (AvgIpc) is 3.17. The highest BCUT2D eigenvalue weighted by Crippen LogP contribution is 2.37. The lowest BCUT2D eigenvalue weighted by atomic mass is 9.99. The Hall–Kier alpha value is -4.14. The van der Waals surface area contributed by atoms with Gasteiger partial charge in [-0.25, -0.2) is 0 Å². The zero-order valence-electron chi connectivity index (χ0n) is 15.7. The molecule has 31 heavy (non-hydrogen) atoms. The Kier molecular flexibility index (Phi) is 4.94. The van der Waals surface area contributed by atoms with Gasteiger partial charge in [0, 0.05) is 28.7 Å². The van der Waals surface area contributed by atoms with Crippen LogP contribution in [0.15, 0.2) is 72.8 Å². The lowest BCUT2D eigenvalue weighted by Crippen LogP contribution is -2.12. The van der Waals surface area contributed by atoms with Gasteiger partial charge in [-0.3, -0.25) is 14.9 Å². The highest BCUT2D eigenvalue weighted by Gasteiger charge is 2.33. The lowest BCUT2D eigenvalue weighted by Gasteiger charge is -2.13. The molecule has 3 aromatic carbocycles. The molecule has 9 heteroatoms. The number of halogens is 3. The van der Waals surface area contributed by atoms with E-state index in [9.17, 15) is 28.1 Å². The molecular formula is C22H14F3N3O3. The molecule has 0 unspecified atom stereocenters. The van der Waals surface area contributed by atoms with Crippen molar-refractivity contribution in [2.24, 2.45) is 0 Å². The molecule has 1 heterocycles. The number of anilines is 1. The molecule has 0 saturated heterocycles. The van der Waals surface area contributed by atoms with Crippen molar-refractivity contribution in [2.75, 3.05) is 5.32 Å². The number of benzene rings is 3. The average molecular weight is 425 g/mol. The molecule has 0 atom stereocenters. The summed E-state index contributed by atoms with van der Waals surface area (Å²) in [6.07, 6.45) is -4.51. The maximum atomic E-state index is 13.3. The fourth-order valence-corrected chi connectivity index (χ4v) is 3.30. The third kappa shape index (κ3) is 4.11. The summed E-state index contributed by atoms with van der Waals surface area (Å²) in [6, 6.07) is 16.9. The van der Waals surface area contributed by atoms with Gasteiger partial charge in [0.25, 0.3) is 11.6 Å². The van der Waals surface area contributed by atoms with Crippen LogP contribution in [0.1, 0.15) is 16.1 Å². The Morgan fingerprint density at radius 1 is 0.968 bits per heavy atom. The van der Waals surface area contributed by atoms with E-state index in [1.165, 1.54) is 54.6 Å². The summed E-state index contributed by atoms with van der Waals surface area (Å²) >= 11 is 0. The monoisotopic (exact) mass is 425 g/mol. The highest BCUT2D eigenvalue weighted by atomic mass is 19.4. The van der Waals surface area contributed by atoms with E-state index in [4.69, 9.17) is 0 Å². The lowest BCUT2D eigenvalue weighted by molar-refractivity contribution is -0.384. The number of carbonyl (C=O) groups is 1. The van der Waals surface area contributed by atoms with Gasteiger partial charge in [-0.15, -0.1) is 0 Å². The summed E-state index contributed by atoms with van der Waals surface area (Å²) in [7, 11) is 0. The van der Waals surface area contributed by atoms with Crippen LogP contribution in [-0.4, -0.2) is 15.8 Å². The predicted molar refractivity (Wildman–Crippen MR) is 110 cm³/mol. The number of fused-ring (bicyclic) bond motifs is 1. The van der Waals surface area contributed by atoms with Crippen LogP contribution < -0.4 is 5.32 Å². The van der Waals surface area contributed by atoms with Gasteiger partial charge in [0.1, 0.15) is 5.69 Å². The van der Waals surface area contributed by atoms with Gasteiger partial charge in [0.15, 0.2) is 0 Å². The van der Waals surface area contributed by atoms with Crippen molar-refractivity contribution in [3.8, 4) is 11.1 Å². The minimum absolute atomic E-state index is 0.00372. The van der Waals surface area contributed by atoms with Gasteiger partial charge in [0.05, 0.1) is 10.5 Å². The standard InChI is InChI=1S/C22H14F3N3O3/c23-22(24,25)18-7-2-1-6-17(18)13-4-3-5-15(10-13)26-21(29)20-12-14-11-16(28(30)31)8-9-19(14)27-20/h1-12,27H,(H,26,29). The molecule has 1 aromatic heterocycles. The molecule has 0 aliphatic rings. The first kappa shape index (κ1) is 20.1. The van der Waals surface area contributed by atoms with Crippen molar-refractivity contribution >= 4 is 28.2 Å². The summed E-state index contributed by atoms with van der Waals surface area (Å²) in [5.74, 6) is -0.528. The summed E-state index contributed by atoms with van der Waals surface area (Å²) in [6.45, 7) is 0. The fourth-order valence-electron chi connectivity index (χ4n) is 3.30. The van der Waals surface area contributed by atoms with Crippen LogP contribution in [0, 0.1) is 10.1 Å². The first-order valence-corrected chi connectivity index (χ1v) is 9.07. The van der Waals surface area contributed by atoms with Gasteiger partial charge in [0.2, 0.25) is 0 Å². The molecule has 2 N–H and O–H groups in total. The van der Waals surface area contributed by atoms with Crippen LogP contribution in [0.5, 0.6) is 0 Å². The van der Waals surface area contributed by atoms with E-state index in [-0.39, 0.29) is 16.9 Å². The van der Waals surface area contributed by atoms with E-state index < -0.39 is 22.6 Å². The summed E-state index contributed by atoms with van der Waals surface area (Å²) in [4.78, 5) is 25.9. The van der Waals surface area contributed by atoms with E-state index in [2.05, 4.69) is 10.3 Å². The number of amides is 1. The highest BCUT2D eigenvalue weighted by molar-refractivity contribution is 6.06. The Bertz CT molecular complexity index is 1310. The minimum atomic E-state index is -4.51. The number of carbonyl (C=O) groups excluding carboxylic acids is 1. The molecule has 156 valence electrons. The Morgan fingerprint density at radius 2 is 1.74 bits per heavy atom. The number of rotatable bonds is 4. The number of hydrogen-bond donors (Lipinski definition) is 2. The molecular weight excluding hydrogens is 411 g/mol. The molecule has 0 aliphatic carbocycles. The third-order valence-electron chi connectivity index (χ3n) is 4.72. The normalized spacial score (nSPS) is 11.5. The molecule has 4 rings (SSSR count). The van der Waals surface area contributed by atoms with Crippen molar-refractivity contribution < 1.29 is 22.9 Å². The number of H-pyrrole nitrogens is 1. The van der Waals surface area contributed by atoms with Gasteiger partial charge >= 0.3 is 6.18 Å². The van der Waals surface area contributed by atoms with Crippen molar-refractivity contribution in [3.63, 3.8) is 0 Å². The van der Waals surface area contributed by atoms with Crippen LogP contribution >= 0.6 is 0 Å². The Labute approximate surface area is 173 Å². The maximum absolute atomic E-state index is 13.3. The zero-order valence-corrected chi connectivity index (χ0v) is 15.7. The second-order valence-electron chi connectivity index (χ2n) is 6.79. The first-order valence-electron chi connectivity index (χ1n) is 9.07. The predicted octanol–water partition coefficient (Wildman–Crippen LogP) is 6.01. The fraction of sp³-hybridized carbons (Fsp3) is 0.0455. The number of non-ortho nitro benzene ring substituents is 1. The number of nitro benzene ring substituents is 1. The second-order valence-corrected chi connectivity index (χ2v) is 6.79. The largest absolute Gasteiger partial charge is 0.417 e. The third-order valence-corrected chi connectivity index (χ3v) is 4.72. The Morgan fingerprint density at radius 3 is 2.48 bits per heavy atom. The van der Waals surface area contributed by atoms with Crippen LogP contribution in [0.2, 0.25) is 0 Å². The van der Waals surface area contributed by atoms with Crippen molar-refractivity contribution in [1.82, 2.24) is 4.98 Å². The summed E-state index contributed by atoms with van der Waals surface area (Å²) in [5.41, 5.74) is 0.455. The number of aromatic amines is 1. The smallest absolute Gasteiger partial charge is 0.351 e. The topological polar surface area (TPSA) is 88.0 Å². The van der Waals surface area contributed by atoms with Gasteiger partial charge in [-0.1, -0.05) is 30.3 Å². The molecule has 4 aromatic rings. The van der Waals surface area contributed by atoms with Crippen LogP contribution in [0.3, 0.4) is 0 Å². The van der Waals surface area contributed by atoms with Crippen molar-refractivity contribution in [2.45, 2.75) is 6.18 Å². The number of hydrogen-bond acceptors (Lipinski definition) is 3. The van der Waals surface area contributed by atoms with Crippen LogP contribution in [0.25, 0.3) is 22.0 Å². The van der Waals surface area contributed by atoms with Crippen molar-refractivity contribution in [1.29, 1.82) is 0 Å². The number of nitrogens with one attached hydrogen (secondary N) is 2. The number of alkyl halides is 3. The summed E-state index contributed by atoms with van der Waals surface area (Å²) < 4.78 is 40.0. The van der Waals surface area contributed by atoms with E-state index in [0.29, 0.717) is 22.2 Å². The number of aromatic nitrogens is 1. The van der Waals surface area contributed by atoms with E-state index >= 15 is 0 Å². The zero-order chi connectivity index (χ0) is 22.2. The Balaban J connectivity index is 1.62. The number of nitrogens with zero attached hydrogens (tertiary/aromatic N) is 1. The molecule has 1 amide bonds. The van der Waals surface area contributed by atoms with Gasteiger partial charge < -0.3 is 10.3 Å². The molecule has 0 bridgehead atoms.